The summed E-state index contributed by atoms with van der Waals surface area (Å²) in [5.74, 6) is -1.37. The molecule has 2 heterocycles. The molecule has 0 aliphatic carbocycles. The van der Waals surface area contributed by atoms with Crippen LogP contribution in [-0.2, 0) is 28.5 Å². The Morgan fingerprint density at radius 2 is 0.880 bits per heavy atom. The number of nitrogens with one attached hydrogen (secondary N) is 2. The van der Waals surface area contributed by atoms with E-state index in [0.29, 0.717) is 12.8 Å². The van der Waals surface area contributed by atoms with E-state index in [1.807, 2.05) is 0 Å². The van der Waals surface area contributed by atoms with Gasteiger partial charge in [0.1, 0.15) is 61.0 Å². The number of hydrogen-bond donors (Lipinski definition) is 11. The van der Waals surface area contributed by atoms with E-state index in [1.54, 1.807) is 0 Å². The van der Waals surface area contributed by atoms with Gasteiger partial charge in [-0.05, 0) is 12.8 Å². The van der Waals surface area contributed by atoms with Gasteiger partial charge in [-0.1, -0.05) is 232 Å². The molecule has 2 rings (SSSR count). The largest absolute Gasteiger partial charge is 0.394 e. The van der Waals surface area contributed by atoms with Crippen LogP contribution in [-0.4, -0.2) is 163 Å². The molecule has 2 aliphatic heterocycles. The number of amides is 2. The predicted octanol–water partition coefficient (Wildman–Crippen LogP) is 7.42. The number of ether oxygens (including phenoxy) is 4. The first kappa shape index (κ1) is 69.5. The maximum absolute atomic E-state index is 13.4. The lowest BCUT2D eigenvalue weighted by molar-refractivity contribution is -0.347. The van der Waals surface area contributed by atoms with Gasteiger partial charge in [-0.3, -0.25) is 9.59 Å². The molecule has 0 unspecified atom stereocenters. The molecule has 0 aromatic heterocycles. The lowest BCUT2D eigenvalue weighted by Gasteiger charge is -2.47. The highest BCUT2D eigenvalue weighted by atomic mass is 16.7. The van der Waals surface area contributed by atoms with Crippen LogP contribution in [0.5, 0.6) is 0 Å². The van der Waals surface area contributed by atoms with Gasteiger partial charge in [0.05, 0.1) is 32.0 Å². The molecule has 11 N–H and O–H groups in total. The molecule has 17 nitrogen and oxygen atoms in total. The first-order chi connectivity index (χ1) is 36.3. The van der Waals surface area contributed by atoms with Gasteiger partial charge in [0, 0.05) is 6.92 Å². The van der Waals surface area contributed by atoms with Gasteiger partial charge < -0.3 is 75.5 Å². The fraction of sp³-hybridized carbons (Fsp3) is 0.966. The molecule has 0 aromatic carbocycles. The van der Waals surface area contributed by atoms with Crippen molar-refractivity contribution in [2.45, 2.75) is 338 Å². The van der Waals surface area contributed by atoms with Crippen molar-refractivity contribution < 1.29 is 74.5 Å². The lowest BCUT2D eigenvalue weighted by atomic mass is 9.95. The summed E-state index contributed by atoms with van der Waals surface area (Å²) in [6.45, 7) is 3.60. The fourth-order valence-electron chi connectivity index (χ4n) is 10.5. The van der Waals surface area contributed by atoms with Gasteiger partial charge in [-0.25, -0.2) is 0 Å². The monoisotopic (exact) mass is 1080 g/mol. The highest BCUT2D eigenvalue weighted by Crippen LogP contribution is 2.30. The summed E-state index contributed by atoms with van der Waals surface area (Å²) in [4.78, 5) is 25.4. The van der Waals surface area contributed by atoms with Crippen LogP contribution in [0.4, 0.5) is 0 Å². The molecule has 0 saturated carbocycles. The molecule has 0 radical (unpaired) electrons. The third-order valence-electron chi connectivity index (χ3n) is 15.4. The molecule has 17 heteroatoms. The molecule has 2 saturated heterocycles. The van der Waals surface area contributed by atoms with Crippen LogP contribution in [0.3, 0.4) is 0 Å². The molecule has 2 fully saturated rings. The first-order valence-corrected chi connectivity index (χ1v) is 30.4. The average molecular weight is 1080 g/mol. The van der Waals surface area contributed by atoms with Crippen molar-refractivity contribution in [2.75, 3.05) is 19.8 Å². The van der Waals surface area contributed by atoms with Crippen LogP contribution < -0.4 is 10.6 Å². The number of carbonyl (C=O) groups excluding carboxylic acids is 2. The van der Waals surface area contributed by atoms with Crippen molar-refractivity contribution in [1.29, 1.82) is 0 Å². The molecule has 0 bridgehead atoms. The van der Waals surface area contributed by atoms with Crippen LogP contribution in [0.15, 0.2) is 0 Å². The summed E-state index contributed by atoms with van der Waals surface area (Å²) in [6.07, 6.45) is 23.0. The number of unbranched alkanes of at least 4 members (excludes halogenated alkanes) is 32. The maximum Gasteiger partial charge on any atom is 0.249 e. The van der Waals surface area contributed by atoms with Crippen LogP contribution in [0.2, 0.25) is 0 Å². The Kier molecular flexibility index (Phi) is 41.0. The Labute approximate surface area is 453 Å². The van der Waals surface area contributed by atoms with E-state index in [4.69, 9.17) is 18.9 Å². The predicted molar refractivity (Wildman–Crippen MR) is 291 cm³/mol. The SMILES string of the molecule is CCCCCCCCCCCCCCCCCCCCCCC[C@@H](O)C(=O)N[C@@H](CO[C@H]1O[C@H](CO)[C@H](O[C@H]2O[C@H](CO)[C@@H](O)[C@H](O)[C@H]2NC(C)=O)[C@H](O)[C@H]1O)[C@H](O)[C@H](O)CCCCCCCCCCCCCCC. The normalized spacial score (nSPS) is 25.7. The van der Waals surface area contributed by atoms with Gasteiger partial charge in [-0.15, -0.1) is 0 Å². The molecule has 0 aromatic rings. The number of carbonyl (C=O) groups is 2. The van der Waals surface area contributed by atoms with Crippen molar-refractivity contribution >= 4 is 11.8 Å². The van der Waals surface area contributed by atoms with Crippen LogP contribution in [0.1, 0.15) is 252 Å². The second-order valence-corrected chi connectivity index (χ2v) is 22.2. The van der Waals surface area contributed by atoms with Crippen molar-refractivity contribution in [1.82, 2.24) is 10.6 Å². The zero-order valence-electron chi connectivity index (χ0n) is 47.1. The molecule has 2 amide bonds. The summed E-state index contributed by atoms with van der Waals surface area (Å²) < 4.78 is 23.2. The minimum atomic E-state index is -1.86. The zero-order chi connectivity index (χ0) is 55.1. The van der Waals surface area contributed by atoms with Crippen molar-refractivity contribution in [2.24, 2.45) is 0 Å². The van der Waals surface area contributed by atoms with Crippen LogP contribution >= 0.6 is 0 Å². The minimum absolute atomic E-state index is 0.203. The molecule has 2 aliphatic rings. The molecule has 75 heavy (non-hydrogen) atoms. The van der Waals surface area contributed by atoms with Crippen molar-refractivity contribution in [3.8, 4) is 0 Å². The topological polar surface area (TPSA) is 277 Å². The average Bonchev–Trinajstić information content (AvgIpc) is 3.40. The number of aliphatic hydroxyl groups excluding tert-OH is 9. The van der Waals surface area contributed by atoms with Gasteiger partial charge in [0.25, 0.3) is 0 Å². The second kappa shape index (κ2) is 44.2. The summed E-state index contributed by atoms with van der Waals surface area (Å²) in [5.41, 5.74) is 0. The zero-order valence-corrected chi connectivity index (χ0v) is 47.1. The Balaban J connectivity index is 1.87. The quantitative estimate of drug-likeness (QED) is 0.0265. The summed E-state index contributed by atoms with van der Waals surface area (Å²) in [7, 11) is 0. The highest BCUT2D eigenvalue weighted by Gasteiger charge is 2.51. The minimum Gasteiger partial charge on any atom is -0.394 e. The maximum atomic E-state index is 13.4. The standard InChI is InChI=1S/C58H112N2O15/c1-4-6-8-10-12-14-16-18-19-20-21-22-23-24-25-27-29-31-33-35-37-39-46(65)56(71)60-44(50(66)45(64)38-36-34-32-30-28-26-17-15-13-11-9-7-5-2)42-72-58-54(70)53(69)55(48(41-62)74-58)75-57-49(59-43(3)63)52(68)51(67)47(40-61)73-57/h44-55,57-58,61-62,64-70H,4-42H2,1-3H3,(H,59,63)(H,60,71)/t44-,45+,46+,47+,48+,49+,50-,51+,52+,53+,54+,55-,57+,58-/m0/s1. The Morgan fingerprint density at radius 1 is 0.493 bits per heavy atom. The van der Waals surface area contributed by atoms with E-state index in [0.717, 1.165) is 51.9 Å². The van der Waals surface area contributed by atoms with Gasteiger partial charge >= 0.3 is 0 Å². The number of rotatable bonds is 48. The Hall–Kier alpha value is -1.58. The summed E-state index contributed by atoms with van der Waals surface area (Å²) in [5, 5.41) is 102. The Morgan fingerprint density at radius 3 is 1.28 bits per heavy atom. The van der Waals surface area contributed by atoms with E-state index >= 15 is 0 Å². The van der Waals surface area contributed by atoms with E-state index in [-0.39, 0.29) is 12.8 Å². The van der Waals surface area contributed by atoms with Crippen molar-refractivity contribution in [3.05, 3.63) is 0 Å². The van der Waals surface area contributed by atoms with Gasteiger partial charge in [0.15, 0.2) is 12.6 Å². The van der Waals surface area contributed by atoms with Crippen LogP contribution in [0.25, 0.3) is 0 Å². The van der Waals surface area contributed by atoms with E-state index in [1.165, 1.54) is 161 Å². The second-order valence-electron chi connectivity index (χ2n) is 22.2. The highest BCUT2D eigenvalue weighted by molar-refractivity contribution is 5.80. The number of aliphatic hydroxyl groups is 9. The van der Waals surface area contributed by atoms with Crippen molar-refractivity contribution in [3.63, 3.8) is 0 Å². The molecule has 444 valence electrons. The Bertz CT molecular complexity index is 1370. The number of hydrogen-bond acceptors (Lipinski definition) is 15. The lowest BCUT2D eigenvalue weighted by Crippen LogP contribution is -2.67. The van der Waals surface area contributed by atoms with Gasteiger partial charge in [0.2, 0.25) is 11.8 Å². The van der Waals surface area contributed by atoms with E-state index in [9.17, 15) is 55.5 Å². The third kappa shape index (κ3) is 30.0. The van der Waals surface area contributed by atoms with Gasteiger partial charge in [-0.2, -0.15) is 0 Å². The first-order valence-electron chi connectivity index (χ1n) is 30.4. The fourth-order valence-corrected chi connectivity index (χ4v) is 10.5. The molecule has 14 atom stereocenters. The summed E-state index contributed by atoms with van der Waals surface area (Å²) in [6, 6.07) is -2.67. The smallest absolute Gasteiger partial charge is 0.249 e. The third-order valence-corrected chi connectivity index (χ3v) is 15.4. The van der Waals surface area contributed by atoms with Crippen LogP contribution in [0, 0.1) is 0 Å². The van der Waals surface area contributed by atoms with E-state index < -0.39 is 117 Å². The van der Waals surface area contributed by atoms with E-state index in [2.05, 4.69) is 24.5 Å². The summed E-state index contributed by atoms with van der Waals surface area (Å²) >= 11 is 0. The molecular formula is C58H112N2O15. The molecule has 0 spiro atoms. The molecular weight excluding hydrogens is 965 g/mol.